The molecule has 6 heteroatoms. The van der Waals surface area contributed by atoms with E-state index in [4.69, 9.17) is 8.94 Å². The van der Waals surface area contributed by atoms with Crippen LogP contribution in [0.4, 0.5) is 0 Å². The molecule has 0 unspecified atom stereocenters. The molecule has 0 spiro atoms. The van der Waals surface area contributed by atoms with E-state index in [1.54, 1.807) is 6.07 Å². The summed E-state index contributed by atoms with van der Waals surface area (Å²) < 4.78 is 14.8. The number of hydrogen-bond acceptors (Lipinski definition) is 6. The lowest BCUT2D eigenvalue weighted by atomic mass is 10.2. The molecule has 0 amide bonds. The first-order chi connectivity index (χ1) is 9.13. The van der Waals surface area contributed by atoms with Gasteiger partial charge in [-0.3, -0.25) is 0 Å². The summed E-state index contributed by atoms with van der Waals surface area (Å²) in [6.45, 7) is 4.89. The molecule has 0 aliphatic carbocycles. The summed E-state index contributed by atoms with van der Waals surface area (Å²) in [6, 6.07) is 1.74. The number of hydrogen-bond donors (Lipinski definition) is 1. The summed E-state index contributed by atoms with van der Waals surface area (Å²) >= 11 is 0. The molecule has 2 aromatic heterocycles. The molecule has 0 aromatic carbocycles. The number of furan rings is 1. The lowest BCUT2D eigenvalue weighted by molar-refractivity contribution is 0.0563. The fourth-order valence-corrected chi connectivity index (χ4v) is 1.82. The molecule has 0 radical (unpaired) electrons. The topological polar surface area (TPSA) is 77.5 Å². The number of esters is 1. The molecule has 0 saturated carbocycles. The molecule has 0 fully saturated rings. The highest BCUT2D eigenvalue weighted by molar-refractivity contribution is 5.87. The largest absolute Gasteiger partial charge is 0.463 e. The molecule has 1 N–H and O–H groups in total. The van der Waals surface area contributed by atoms with Gasteiger partial charge in [0.25, 0.3) is 0 Å². The maximum Gasteiger partial charge on any atom is 0.374 e. The second kappa shape index (κ2) is 5.71. The fourth-order valence-electron chi connectivity index (χ4n) is 1.82. The van der Waals surface area contributed by atoms with Crippen LogP contribution in [0.1, 0.15) is 33.1 Å². The van der Waals surface area contributed by atoms with Crippen LogP contribution in [0.25, 0.3) is 0 Å². The Morgan fingerprint density at radius 3 is 2.84 bits per heavy atom. The van der Waals surface area contributed by atoms with Crippen LogP contribution in [-0.2, 0) is 17.8 Å². The summed E-state index contributed by atoms with van der Waals surface area (Å²) in [5, 5.41) is 7.11. The minimum Gasteiger partial charge on any atom is -0.463 e. The number of ether oxygens (including phenoxy) is 1. The highest BCUT2D eigenvalue weighted by Crippen LogP contribution is 2.14. The van der Waals surface area contributed by atoms with Crippen molar-refractivity contribution in [2.45, 2.75) is 26.9 Å². The number of aryl methyl sites for hydroxylation is 2. The van der Waals surface area contributed by atoms with E-state index in [1.807, 2.05) is 13.8 Å². The maximum atomic E-state index is 11.4. The van der Waals surface area contributed by atoms with Crippen LogP contribution in [0.3, 0.4) is 0 Å². The van der Waals surface area contributed by atoms with Gasteiger partial charge in [0.15, 0.2) is 0 Å². The number of aromatic nitrogens is 1. The van der Waals surface area contributed by atoms with E-state index in [2.05, 4.69) is 15.2 Å². The smallest absolute Gasteiger partial charge is 0.374 e. The van der Waals surface area contributed by atoms with Gasteiger partial charge in [-0.15, -0.1) is 0 Å². The van der Waals surface area contributed by atoms with E-state index in [0.29, 0.717) is 13.1 Å². The SMILES string of the molecule is COC(=O)c1occc1CNCc1c(C)noc1C. The molecule has 2 heterocycles. The van der Waals surface area contributed by atoms with Crippen molar-refractivity contribution in [1.82, 2.24) is 10.5 Å². The summed E-state index contributed by atoms with van der Waals surface area (Å²) in [6.07, 6.45) is 1.47. The van der Waals surface area contributed by atoms with E-state index in [0.717, 1.165) is 22.6 Å². The van der Waals surface area contributed by atoms with Crippen LogP contribution in [0.5, 0.6) is 0 Å². The summed E-state index contributed by atoms with van der Waals surface area (Å²) in [5.41, 5.74) is 2.66. The maximum absolute atomic E-state index is 11.4. The number of methoxy groups -OCH3 is 1. The summed E-state index contributed by atoms with van der Waals surface area (Å²) in [5.74, 6) is 0.554. The zero-order valence-corrected chi connectivity index (χ0v) is 11.1. The van der Waals surface area contributed by atoms with E-state index in [9.17, 15) is 4.79 Å². The average Bonchev–Trinajstić information content (AvgIpc) is 2.99. The molecule has 0 atom stereocenters. The Morgan fingerprint density at radius 2 is 2.21 bits per heavy atom. The van der Waals surface area contributed by atoms with Crippen molar-refractivity contribution in [2.24, 2.45) is 0 Å². The number of carbonyl (C=O) groups excluding carboxylic acids is 1. The zero-order chi connectivity index (χ0) is 13.8. The Morgan fingerprint density at radius 1 is 1.42 bits per heavy atom. The van der Waals surface area contributed by atoms with Gasteiger partial charge in [0.05, 0.1) is 19.1 Å². The van der Waals surface area contributed by atoms with Crippen molar-refractivity contribution in [1.29, 1.82) is 0 Å². The van der Waals surface area contributed by atoms with Gasteiger partial charge in [0.1, 0.15) is 5.76 Å². The minimum atomic E-state index is -0.473. The Balaban J connectivity index is 1.97. The van der Waals surface area contributed by atoms with Crippen molar-refractivity contribution in [3.63, 3.8) is 0 Å². The average molecular weight is 264 g/mol. The minimum absolute atomic E-state index is 0.230. The monoisotopic (exact) mass is 264 g/mol. The molecule has 0 aliphatic heterocycles. The van der Waals surface area contributed by atoms with Gasteiger partial charge in [-0.1, -0.05) is 5.16 Å². The van der Waals surface area contributed by atoms with Crippen LogP contribution in [0.15, 0.2) is 21.3 Å². The third kappa shape index (κ3) is 2.85. The van der Waals surface area contributed by atoms with Crippen LogP contribution in [0, 0.1) is 13.8 Å². The highest BCUT2D eigenvalue weighted by Gasteiger charge is 2.15. The quantitative estimate of drug-likeness (QED) is 0.832. The predicted octanol–water partition coefficient (Wildman–Crippen LogP) is 1.96. The molecule has 6 nitrogen and oxygen atoms in total. The zero-order valence-electron chi connectivity index (χ0n) is 11.1. The van der Waals surface area contributed by atoms with Crippen LogP contribution in [-0.4, -0.2) is 18.2 Å². The van der Waals surface area contributed by atoms with Gasteiger partial charge < -0.3 is 19.0 Å². The molecule has 102 valence electrons. The third-order valence-electron chi connectivity index (χ3n) is 2.92. The highest BCUT2D eigenvalue weighted by atomic mass is 16.5. The van der Waals surface area contributed by atoms with Crippen molar-refractivity contribution in [3.8, 4) is 0 Å². The van der Waals surface area contributed by atoms with Gasteiger partial charge in [0, 0.05) is 24.2 Å². The Labute approximate surface area is 110 Å². The van der Waals surface area contributed by atoms with Gasteiger partial charge in [-0.05, 0) is 19.9 Å². The molecule has 0 saturated heterocycles. The van der Waals surface area contributed by atoms with Gasteiger partial charge in [-0.2, -0.15) is 0 Å². The Hall–Kier alpha value is -2.08. The Bertz CT molecular complexity index is 551. The first-order valence-corrected chi connectivity index (χ1v) is 5.90. The standard InChI is InChI=1S/C13H16N2O4/c1-8-11(9(2)19-15-8)7-14-6-10-4-5-18-12(10)13(16)17-3/h4-5,14H,6-7H2,1-3H3. The van der Waals surface area contributed by atoms with Crippen LogP contribution in [0.2, 0.25) is 0 Å². The van der Waals surface area contributed by atoms with Gasteiger partial charge in [0.2, 0.25) is 5.76 Å². The molecule has 2 aromatic rings. The van der Waals surface area contributed by atoms with Crippen LogP contribution < -0.4 is 5.32 Å². The molecular weight excluding hydrogens is 248 g/mol. The normalized spacial score (nSPS) is 10.7. The van der Waals surface area contributed by atoms with Crippen molar-refractivity contribution in [2.75, 3.05) is 7.11 Å². The Kier molecular flexibility index (Phi) is 4.01. The number of nitrogens with one attached hydrogen (secondary N) is 1. The lowest BCUT2D eigenvalue weighted by Crippen LogP contribution is -2.15. The molecular formula is C13H16N2O4. The van der Waals surface area contributed by atoms with Crippen molar-refractivity contribution >= 4 is 5.97 Å². The second-order valence-corrected chi connectivity index (χ2v) is 4.17. The second-order valence-electron chi connectivity index (χ2n) is 4.17. The first kappa shape index (κ1) is 13.4. The van der Waals surface area contributed by atoms with E-state index in [1.165, 1.54) is 13.4 Å². The molecule has 0 bridgehead atoms. The summed E-state index contributed by atoms with van der Waals surface area (Å²) in [4.78, 5) is 11.4. The van der Waals surface area contributed by atoms with Crippen molar-refractivity contribution < 1.29 is 18.5 Å². The molecule has 2 rings (SSSR count). The van der Waals surface area contributed by atoms with E-state index in [-0.39, 0.29) is 5.76 Å². The van der Waals surface area contributed by atoms with E-state index >= 15 is 0 Å². The lowest BCUT2D eigenvalue weighted by Gasteiger charge is -2.04. The van der Waals surface area contributed by atoms with Crippen molar-refractivity contribution in [3.05, 3.63) is 40.7 Å². The van der Waals surface area contributed by atoms with Gasteiger partial charge in [-0.25, -0.2) is 4.79 Å². The number of nitrogens with zero attached hydrogens (tertiary/aromatic N) is 1. The molecule has 19 heavy (non-hydrogen) atoms. The van der Waals surface area contributed by atoms with Gasteiger partial charge >= 0.3 is 5.97 Å². The predicted molar refractivity (Wildman–Crippen MR) is 66.6 cm³/mol. The third-order valence-corrected chi connectivity index (χ3v) is 2.92. The number of carbonyl (C=O) groups is 1. The first-order valence-electron chi connectivity index (χ1n) is 5.90. The van der Waals surface area contributed by atoms with E-state index < -0.39 is 5.97 Å². The fraction of sp³-hybridized carbons (Fsp3) is 0.385. The number of rotatable bonds is 5. The van der Waals surface area contributed by atoms with Crippen LogP contribution >= 0.6 is 0 Å². The molecule has 0 aliphatic rings. The summed E-state index contributed by atoms with van der Waals surface area (Å²) in [7, 11) is 1.33.